The summed E-state index contributed by atoms with van der Waals surface area (Å²) in [6.45, 7) is 1.10. The molecule has 0 aromatic carbocycles. The molecule has 1 atom stereocenters. The molecule has 1 saturated carbocycles. The Hall–Kier alpha value is -0.120. The van der Waals surface area contributed by atoms with Crippen molar-refractivity contribution in [3.8, 4) is 0 Å². The first-order valence-electron chi connectivity index (χ1n) is 5.82. The molecule has 1 fully saturated rings. The second kappa shape index (κ2) is 6.38. The van der Waals surface area contributed by atoms with Crippen molar-refractivity contribution in [2.45, 2.75) is 50.7 Å². The normalized spacial score (nSPS) is 22.3. The van der Waals surface area contributed by atoms with Gasteiger partial charge in [-0.15, -0.1) is 0 Å². The quantitative estimate of drug-likeness (QED) is 0.665. The van der Waals surface area contributed by atoms with Gasteiger partial charge in [0, 0.05) is 19.1 Å². The van der Waals surface area contributed by atoms with Gasteiger partial charge < -0.3 is 15.7 Å². The summed E-state index contributed by atoms with van der Waals surface area (Å²) in [4.78, 5) is 2.28. The summed E-state index contributed by atoms with van der Waals surface area (Å²) in [6, 6.07) is 0.665. The summed E-state index contributed by atoms with van der Waals surface area (Å²) in [5.41, 5.74) is 5.40. The fraction of sp³-hybridized carbons (Fsp3) is 1.00. The smallest absolute Gasteiger partial charge is 0.0789 e. The standard InChI is InChI=1S/C11H24N2O/c1-13(9-11(14)8-12)10-6-4-2-3-5-7-10/h10-11,14H,2-9,12H2,1H3. The molecule has 3 nitrogen and oxygen atoms in total. The fourth-order valence-electron chi connectivity index (χ4n) is 2.25. The molecule has 0 radical (unpaired) electrons. The van der Waals surface area contributed by atoms with E-state index in [4.69, 9.17) is 5.73 Å². The molecule has 14 heavy (non-hydrogen) atoms. The van der Waals surface area contributed by atoms with Crippen LogP contribution in [0.25, 0.3) is 0 Å². The summed E-state index contributed by atoms with van der Waals surface area (Å²) in [5, 5.41) is 9.46. The van der Waals surface area contributed by atoms with E-state index in [-0.39, 0.29) is 6.10 Å². The molecular weight excluding hydrogens is 176 g/mol. The van der Waals surface area contributed by atoms with Gasteiger partial charge in [-0.1, -0.05) is 25.7 Å². The van der Waals surface area contributed by atoms with Gasteiger partial charge in [0.2, 0.25) is 0 Å². The minimum absolute atomic E-state index is 0.358. The Balaban J connectivity index is 2.30. The monoisotopic (exact) mass is 200 g/mol. The van der Waals surface area contributed by atoms with Crippen LogP contribution >= 0.6 is 0 Å². The number of likely N-dealkylation sites (N-methyl/N-ethyl adjacent to an activating group) is 1. The lowest BCUT2D eigenvalue weighted by Gasteiger charge is -2.28. The average Bonchev–Trinajstić information content (AvgIpc) is 2.45. The second-order valence-electron chi connectivity index (χ2n) is 4.47. The van der Waals surface area contributed by atoms with E-state index >= 15 is 0 Å². The summed E-state index contributed by atoms with van der Waals surface area (Å²) in [6.07, 6.45) is 7.65. The first kappa shape index (κ1) is 12.0. The third-order valence-electron chi connectivity index (χ3n) is 3.22. The highest BCUT2D eigenvalue weighted by molar-refractivity contribution is 4.74. The molecule has 3 N–H and O–H groups in total. The molecule has 0 aromatic rings. The van der Waals surface area contributed by atoms with Gasteiger partial charge in [0.15, 0.2) is 0 Å². The third kappa shape index (κ3) is 3.95. The molecular formula is C11H24N2O. The van der Waals surface area contributed by atoms with Crippen molar-refractivity contribution in [2.24, 2.45) is 5.73 Å². The van der Waals surface area contributed by atoms with Gasteiger partial charge in [0.05, 0.1) is 6.10 Å². The van der Waals surface area contributed by atoms with Crippen molar-refractivity contribution < 1.29 is 5.11 Å². The van der Waals surface area contributed by atoms with Gasteiger partial charge in [-0.25, -0.2) is 0 Å². The van der Waals surface area contributed by atoms with Gasteiger partial charge in [-0.05, 0) is 19.9 Å². The van der Waals surface area contributed by atoms with E-state index in [1.807, 2.05) is 0 Å². The highest BCUT2D eigenvalue weighted by Crippen LogP contribution is 2.20. The lowest BCUT2D eigenvalue weighted by molar-refractivity contribution is 0.104. The molecule has 3 heteroatoms. The van der Waals surface area contributed by atoms with Crippen molar-refractivity contribution in [1.82, 2.24) is 4.90 Å². The van der Waals surface area contributed by atoms with Gasteiger partial charge in [0.25, 0.3) is 0 Å². The van der Waals surface area contributed by atoms with E-state index in [1.165, 1.54) is 38.5 Å². The van der Waals surface area contributed by atoms with Crippen LogP contribution in [0.5, 0.6) is 0 Å². The van der Waals surface area contributed by atoms with Crippen LogP contribution in [0.3, 0.4) is 0 Å². The first-order chi connectivity index (χ1) is 6.74. The highest BCUT2D eigenvalue weighted by Gasteiger charge is 2.18. The second-order valence-corrected chi connectivity index (χ2v) is 4.47. The Morgan fingerprint density at radius 2 is 1.86 bits per heavy atom. The molecule has 0 bridgehead atoms. The van der Waals surface area contributed by atoms with E-state index in [0.29, 0.717) is 12.6 Å². The lowest BCUT2D eigenvalue weighted by atomic mass is 10.1. The van der Waals surface area contributed by atoms with Crippen molar-refractivity contribution in [2.75, 3.05) is 20.1 Å². The molecule has 1 unspecified atom stereocenters. The van der Waals surface area contributed by atoms with Crippen LogP contribution in [0.15, 0.2) is 0 Å². The molecule has 1 aliphatic rings. The van der Waals surface area contributed by atoms with Crippen LogP contribution in [-0.4, -0.2) is 42.3 Å². The Morgan fingerprint density at radius 3 is 2.36 bits per heavy atom. The average molecular weight is 200 g/mol. The van der Waals surface area contributed by atoms with Crippen molar-refractivity contribution in [1.29, 1.82) is 0 Å². The van der Waals surface area contributed by atoms with E-state index in [9.17, 15) is 5.11 Å². The Morgan fingerprint density at radius 1 is 1.29 bits per heavy atom. The van der Waals surface area contributed by atoms with Crippen LogP contribution in [0, 0.1) is 0 Å². The summed E-state index contributed by atoms with van der Waals surface area (Å²) in [5.74, 6) is 0. The number of aliphatic hydroxyl groups excluding tert-OH is 1. The highest BCUT2D eigenvalue weighted by atomic mass is 16.3. The predicted octanol–water partition coefficient (Wildman–Crippen LogP) is 0.961. The van der Waals surface area contributed by atoms with Crippen molar-refractivity contribution >= 4 is 0 Å². The van der Waals surface area contributed by atoms with Crippen LogP contribution in [-0.2, 0) is 0 Å². The third-order valence-corrected chi connectivity index (χ3v) is 3.22. The minimum atomic E-state index is -0.358. The number of hydrogen-bond acceptors (Lipinski definition) is 3. The Kier molecular flexibility index (Phi) is 5.45. The minimum Gasteiger partial charge on any atom is -0.390 e. The molecule has 0 saturated heterocycles. The molecule has 1 aliphatic carbocycles. The first-order valence-corrected chi connectivity index (χ1v) is 5.82. The van der Waals surface area contributed by atoms with E-state index < -0.39 is 0 Å². The SMILES string of the molecule is CN(CC(O)CN)C1CCCCCC1. The van der Waals surface area contributed by atoms with Crippen LogP contribution < -0.4 is 5.73 Å². The van der Waals surface area contributed by atoms with Crippen molar-refractivity contribution in [3.05, 3.63) is 0 Å². The number of nitrogens with zero attached hydrogens (tertiary/aromatic N) is 1. The molecule has 0 spiro atoms. The number of aliphatic hydroxyl groups is 1. The number of hydrogen-bond donors (Lipinski definition) is 2. The van der Waals surface area contributed by atoms with E-state index in [1.54, 1.807) is 0 Å². The van der Waals surface area contributed by atoms with Crippen LogP contribution in [0.4, 0.5) is 0 Å². The summed E-state index contributed by atoms with van der Waals surface area (Å²) in [7, 11) is 2.11. The molecule has 0 heterocycles. The molecule has 0 amide bonds. The Bertz CT molecular complexity index is 144. The topological polar surface area (TPSA) is 49.5 Å². The maximum Gasteiger partial charge on any atom is 0.0789 e. The molecule has 1 rings (SSSR count). The van der Waals surface area contributed by atoms with Crippen LogP contribution in [0.1, 0.15) is 38.5 Å². The number of rotatable bonds is 4. The molecule has 0 aliphatic heterocycles. The lowest BCUT2D eigenvalue weighted by Crippen LogP contribution is -2.40. The van der Waals surface area contributed by atoms with Crippen LogP contribution in [0.2, 0.25) is 0 Å². The molecule has 0 aromatic heterocycles. The molecule has 84 valence electrons. The van der Waals surface area contributed by atoms with Gasteiger partial charge in [-0.2, -0.15) is 0 Å². The van der Waals surface area contributed by atoms with Gasteiger partial charge >= 0.3 is 0 Å². The fourth-order valence-corrected chi connectivity index (χ4v) is 2.25. The Labute approximate surface area is 87.3 Å². The largest absolute Gasteiger partial charge is 0.390 e. The zero-order valence-electron chi connectivity index (χ0n) is 9.28. The maximum absolute atomic E-state index is 9.46. The zero-order valence-corrected chi connectivity index (χ0v) is 9.28. The van der Waals surface area contributed by atoms with E-state index in [2.05, 4.69) is 11.9 Å². The number of nitrogens with two attached hydrogens (primary N) is 1. The predicted molar refractivity (Wildman–Crippen MR) is 59.2 cm³/mol. The summed E-state index contributed by atoms with van der Waals surface area (Å²) < 4.78 is 0. The maximum atomic E-state index is 9.46. The van der Waals surface area contributed by atoms with Gasteiger partial charge in [-0.3, -0.25) is 0 Å². The summed E-state index contributed by atoms with van der Waals surface area (Å²) >= 11 is 0. The van der Waals surface area contributed by atoms with Gasteiger partial charge in [0.1, 0.15) is 0 Å². The van der Waals surface area contributed by atoms with E-state index in [0.717, 1.165) is 6.54 Å². The zero-order chi connectivity index (χ0) is 10.4. The van der Waals surface area contributed by atoms with Crippen molar-refractivity contribution in [3.63, 3.8) is 0 Å².